The number of amides is 1. The number of carbonyl (C=O) groups is 1. The van der Waals surface area contributed by atoms with E-state index in [2.05, 4.69) is 25.2 Å². The first kappa shape index (κ1) is 20.1. The van der Waals surface area contributed by atoms with Gasteiger partial charge in [-0.2, -0.15) is 0 Å². The lowest BCUT2D eigenvalue weighted by molar-refractivity contribution is 0.0742. The minimum Gasteiger partial charge on any atom is -0.497 e. The Bertz CT molecular complexity index is 1010. The van der Waals surface area contributed by atoms with Crippen molar-refractivity contribution in [1.29, 1.82) is 0 Å². The number of piperazine rings is 1. The van der Waals surface area contributed by atoms with Crippen molar-refractivity contribution in [3.8, 4) is 5.75 Å². The summed E-state index contributed by atoms with van der Waals surface area (Å²) in [4.78, 5) is 30.2. The van der Waals surface area contributed by atoms with E-state index in [1.807, 2.05) is 49.1 Å². The third-order valence-electron chi connectivity index (χ3n) is 4.93. The number of hydrogen-bond acceptors (Lipinski definition) is 8. The van der Waals surface area contributed by atoms with E-state index in [1.165, 1.54) is 11.3 Å². The van der Waals surface area contributed by atoms with Crippen LogP contribution in [0.25, 0.3) is 0 Å². The molecule has 3 heterocycles. The lowest BCUT2D eigenvalue weighted by atomic mass is 10.2. The first-order chi connectivity index (χ1) is 14.5. The molecule has 9 heteroatoms. The van der Waals surface area contributed by atoms with E-state index in [1.54, 1.807) is 12.5 Å². The smallest absolute Gasteiger partial charge is 0.273 e. The van der Waals surface area contributed by atoms with Crippen LogP contribution in [-0.2, 0) is 0 Å². The Labute approximate surface area is 179 Å². The first-order valence-corrected chi connectivity index (χ1v) is 10.6. The van der Waals surface area contributed by atoms with Gasteiger partial charge in [0.25, 0.3) is 5.91 Å². The molecule has 1 N–H and O–H groups in total. The number of rotatable bonds is 5. The van der Waals surface area contributed by atoms with Crippen molar-refractivity contribution >= 4 is 34.0 Å². The Morgan fingerprint density at radius 2 is 1.70 bits per heavy atom. The number of anilines is 3. The molecule has 8 nitrogen and oxygen atoms in total. The number of nitrogens with zero attached hydrogens (tertiary/aromatic N) is 5. The molecule has 0 spiro atoms. The summed E-state index contributed by atoms with van der Waals surface area (Å²) in [5.41, 5.74) is 3.35. The molecule has 1 saturated heterocycles. The predicted octanol–water partition coefficient (Wildman–Crippen LogP) is 3.26. The standard InChI is InChI=1S/C21H24N6O2S/c1-14-12-15(2)23-20(22-14)25-21-24-18(13-30-21)19(28)27-10-8-26(9-11-27)16-4-6-17(29-3)7-5-16/h4-7,12-13H,8-11H2,1-3H3,(H,22,23,24,25). The van der Waals surface area contributed by atoms with E-state index >= 15 is 0 Å². The summed E-state index contributed by atoms with van der Waals surface area (Å²) < 4.78 is 5.21. The van der Waals surface area contributed by atoms with Crippen molar-refractivity contribution < 1.29 is 9.53 Å². The van der Waals surface area contributed by atoms with E-state index < -0.39 is 0 Å². The Morgan fingerprint density at radius 1 is 1.03 bits per heavy atom. The molecule has 1 fully saturated rings. The van der Waals surface area contributed by atoms with Crippen molar-refractivity contribution in [2.75, 3.05) is 43.5 Å². The van der Waals surface area contributed by atoms with Crippen LogP contribution in [0.1, 0.15) is 21.9 Å². The maximum Gasteiger partial charge on any atom is 0.273 e. The summed E-state index contributed by atoms with van der Waals surface area (Å²) in [6, 6.07) is 9.91. The molecule has 1 amide bonds. The van der Waals surface area contributed by atoms with Gasteiger partial charge >= 0.3 is 0 Å². The van der Waals surface area contributed by atoms with Gasteiger partial charge in [-0.05, 0) is 44.2 Å². The molecule has 0 bridgehead atoms. The molecule has 30 heavy (non-hydrogen) atoms. The highest BCUT2D eigenvalue weighted by molar-refractivity contribution is 7.14. The summed E-state index contributed by atoms with van der Waals surface area (Å²) >= 11 is 1.38. The number of aromatic nitrogens is 3. The fourth-order valence-corrected chi connectivity index (χ4v) is 4.11. The molecule has 1 aliphatic rings. The van der Waals surface area contributed by atoms with Gasteiger partial charge in [0.15, 0.2) is 5.13 Å². The van der Waals surface area contributed by atoms with Crippen LogP contribution in [0, 0.1) is 13.8 Å². The number of ether oxygens (including phenoxy) is 1. The van der Waals surface area contributed by atoms with Gasteiger partial charge in [0, 0.05) is 48.6 Å². The molecule has 1 aromatic carbocycles. The number of aryl methyl sites for hydroxylation is 2. The molecule has 0 aliphatic carbocycles. The average Bonchev–Trinajstić information content (AvgIpc) is 3.21. The molecule has 4 rings (SSSR count). The molecule has 0 unspecified atom stereocenters. The Balaban J connectivity index is 1.36. The lowest BCUT2D eigenvalue weighted by Gasteiger charge is -2.35. The van der Waals surface area contributed by atoms with Gasteiger partial charge in [0.05, 0.1) is 7.11 Å². The van der Waals surface area contributed by atoms with Crippen molar-refractivity contribution in [3.63, 3.8) is 0 Å². The average molecular weight is 425 g/mol. The first-order valence-electron chi connectivity index (χ1n) is 9.75. The highest BCUT2D eigenvalue weighted by Gasteiger charge is 2.24. The molecule has 2 aromatic heterocycles. The number of thiazole rings is 1. The topological polar surface area (TPSA) is 83.5 Å². The summed E-state index contributed by atoms with van der Waals surface area (Å²) in [7, 11) is 1.66. The maximum absolute atomic E-state index is 12.9. The van der Waals surface area contributed by atoms with Crippen molar-refractivity contribution in [3.05, 3.63) is 52.8 Å². The second kappa shape index (κ2) is 8.66. The van der Waals surface area contributed by atoms with Gasteiger partial charge in [-0.15, -0.1) is 11.3 Å². The van der Waals surface area contributed by atoms with Crippen LogP contribution in [0.4, 0.5) is 16.8 Å². The van der Waals surface area contributed by atoms with Gasteiger partial charge in [0.2, 0.25) is 5.95 Å². The number of nitrogens with one attached hydrogen (secondary N) is 1. The van der Waals surface area contributed by atoms with Gasteiger partial charge in [-0.25, -0.2) is 15.0 Å². The Hall–Kier alpha value is -3.20. The molecular weight excluding hydrogens is 400 g/mol. The number of hydrogen-bond donors (Lipinski definition) is 1. The largest absolute Gasteiger partial charge is 0.497 e. The van der Waals surface area contributed by atoms with Crippen LogP contribution in [0.15, 0.2) is 35.7 Å². The van der Waals surface area contributed by atoms with E-state index in [-0.39, 0.29) is 5.91 Å². The van der Waals surface area contributed by atoms with Crippen LogP contribution < -0.4 is 15.0 Å². The van der Waals surface area contributed by atoms with Crippen LogP contribution in [0.2, 0.25) is 0 Å². The van der Waals surface area contributed by atoms with Crippen LogP contribution >= 0.6 is 11.3 Å². The molecule has 0 radical (unpaired) electrons. The second-order valence-corrected chi connectivity index (χ2v) is 7.97. The SMILES string of the molecule is COc1ccc(N2CCN(C(=O)c3csc(Nc4nc(C)cc(C)n4)n3)CC2)cc1. The highest BCUT2D eigenvalue weighted by Crippen LogP contribution is 2.23. The zero-order chi connectivity index (χ0) is 21.1. The van der Waals surface area contributed by atoms with Crippen molar-refractivity contribution in [2.24, 2.45) is 0 Å². The van der Waals surface area contributed by atoms with Gasteiger partial charge in [-0.1, -0.05) is 0 Å². The molecule has 156 valence electrons. The molecule has 0 saturated carbocycles. The summed E-state index contributed by atoms with van der Waals surface area (Å²) in [6.07, 6.45) is 0. The molecule has 1 aliphatic heterocycles. The molecular formula is C21H24N6O2S. The minimum atomic E-state index is -0.0463. The summed E-state index contributed by atoms with van der Waals surface area (Å²) in [5, 5.41) is 5.49. The van der Waals surface area contributed by atoms with Crippen molar-refractivity contribution in [1.82, 2.24) is 19.9 Å². The van der Waals surface area contributed by atoms with Gasteiger partial charge in [0.1, 0.15) is 11.4 Å². The zero-order valence-electron chi connectivity index (χ0n) is 17.3. The van der Waals surface area contributed by atoms with Crippen LogP contribution in [0.3, 0.4) is 0 Å². The predicted molar refractivity (Wildman–Crippen MR) is 118 cm³/mol. The third-order valence-corrected chi connectivity index (χ3v) is 5.69. The number of methoxy groups -OCH3 is 1. The van der Waals surface area contributed by atoms with Crippen molar-refractivity contribution in [2.45, 2.75) is 13.8 Å². The maximum atomic E-state index is 12.9. The lowest BCUT2D eigenvalue weighted by Crippen LogP contribution is -2.48. The number of carbonyl (C=O) groups excluding carboxylic acids is 1. The van der Waals surface area contributed by atoms with Crippen LogP contribution in [0.5, 0.6) is 5.75 Å². The molecule has 0 atom stereocenters. The normalized spacial score (nSPS) is 14.0. The Kier molecular flexibility index (Phi) is 5.80. The quantitative estimate of drug-likeness (QED) is 0.673. The summed E-state index contributed by atoms with van der Waals surface area (Å²) in [5.74, 6) is 1.29. The monoisotopic (exact) mass is 424 g/mol. The fraction of sp³-hybridized carbons (Fsp3) is 0.333. The van der Waals surface area contributed by atoms with Gasteiger partial charge < -0.3 is 19.9 Å². The second-order valence-electron chi connectivity index (χ2n) is 7.11. The van der Waals surface area contributed by atoms with Crippen LogP contribution in [-0.4, -0.2) is 59.0 Å². The van der Waals surface area contributed by atoms with E-state index in [9.17, 15) is 4.79 Å². The van der Waals surface area contributed by atoms with E-state index in [0.29, 0.717) is 29.9 Å². The summed E-state index contributed by atoms with van der Waals surface area (Å²) in [6.45, 7) is 6.72. The van der Waals surface area contributed by atoms with Gasteiger partial charge in [-0.3, -0.25) is 4.79 Å². The fourth-order valence-electron chi connectivity index (χ4n) is 3.43. The number of benzene rings is 1. The highest BCUT2D eigenvalue weighted by atomic mass is 32.1. The van der Waals surface area contributed by atoms with E-state index in [4.69, 9.17) is 4.74 Å². The third kappa shape index (κ3) is 4.51. The zero-order valence-corrected chi connectivity index (χ0v) is 18.1. The minimum absolute atomic E-state index is 0.0463. The molecule has 3 aromatic rings. The Morgan fingerprint density at radius 3 is 2.33 bits per heavy atom. The van der Waals surface area contributed by atoms with E-state index in [0.717, 1.165) is 35.9 Å².